The fraction of sp³-hybridized carbons (Fsp3) is 0.333. The van der Waals surface area contributed by atoms with Crippen molar-refractivity contribution in [3.8, 4) is 6.07 Å². The second kappa shape index (κ2) is 7.49. The number of hydrogen-bond donors (Lipinski definition) is 1. The number of carbonyl (C=O) groups excluding carboxylic acids is 1. The van der Waals surface area contributed by atoms with Crippen LogP contribution in [0.5, 0.6) is 0 Å². The maximum atomic E-state index is 12.0. The van der Waals surface area contributed by atoms with Crippen molar-refractivity contribution in [2.24, 2.45) is 0 Å². The molecule has 1 saturated heterocycles. The molecule has 1 aliphatic heterocycles. The third-order valence-corrected chi connectivity index (χ3v) is 4.89. The molecule has 1 fully saturated rings. The van der Waals surface area contributed by atoms with Gasteiger partial charge in [-0.2, -0.15) is 5.26 Å². The summed E-state index contributed by atoms with van der Waals surface area (Å²) >= 11 is 0. The molecule has 1 aliphatic rings. The van der Waals surface area contributed by atoms with Gasteiger partial charge in [-0.05, 0) is 49.6 Å². The molecular formula is C21H23N3O2. The molecule has 2 aromatic rings. The van der Waals surface area contributed by atoms with E-state index in [-0.39, 0.29) is 12.0 Å². The Morgan fingerprint density at radius 1 is 1.27 bits per heavy atom. The molecule has 134 valence electrons. The van der Waals surface area contributed by atoms with Gasteiger partial charge in [0.25, 0.3) is 0 Å². The number of hydrogen-bond acceptors (Lipinski definition) is 5. The zero-order chi connectivity index (χ0) is 18.7. The molecule has 0 aliphatic carbocycles. The first-order valence-electron chi connectivity index (χ1n) is 8.73. The van der Waals surface area contributed by atoms with Crippen molar-refractivity contribution in [3.05, 3.63) is 58.7 Å². The van der Waals surface area contributed by atoms with E-state index in [0.29, 0.717) is 11.1 Å². The first-order valence-corrected chi connectivity index (χ1v) is 8.73. The minimum Gasteiger partial charge on any atom is -0.465 e. The summed E-state index contributed by atoms with van der Waals surface area (Å²) in [5.74, 6) is -0.318. The monoisotopic (exact) mass is 349 g/mol. The van der Waals surface area contributed by atoms with Gasteiger partial charge in [0.05, 0.1) is 23.9 Å². The molecule has 1 atom stereocenters. The minimum absolute atomic E-state index is 0.258. The topological polar surface area (TPSA) is 65.4 Å². The zero-order valence-electron chi connectivity index (χ0n) is 15.4. The van der Waals surface area contributed by atoms with Crippen LogP contribution >= 0.6 is 0 Å². The van der Waals surface area contributed by atoms with E-state index in [1.165, 1.54) is 7.11 Å². The zero-order valence-corrected chi connectivity index (χ0v) is 15.4. The van der Waals surface area contributed by atoms with Gasteiger partial charge < -0.3 is 15.0 Å². The second-order valence-corrected chi connectivity index (χ2v) is 6.68. The Balaban J connectivity index is 1.77. The summed E-state index contributed by atoms with van der Waals surface area (Å²) in [5.41, 5.74) is 5.24. The first kappa shape index (κ1) is 17.8. The summed E-state index contributed by atoms with van der Waals surface area (Å²) in [7, 11) is 1.40. The first-order chi connectivity index (χ1) is 12.5. The number of ether oxygens (including phenoxy) is 1. The lowest BCUT2D eigenvalue weighted by atomic mass is 10.0. The van der Waals surface area contributed by atoms with Gasteiger partial charge in [0.1, 0.15) is 6.07 Å². The standard InChI is InChI=1S/C21H23N3O2/c1-14-10-15(2)19(11-18(14)21(25)26-3)23-17-8-9-24(13-17)20-7-5-4-6-16(20)12-22/h4-7,10-11,17,23H,8-9,13H2,1-3H3. The van der Waals surface area contributed by atoms with E-state index < -0.39 is 0 Å². The fourth-order valence-corrected chi connectivity index (χ4v) is 3.50. The summed E-state index contributed by atoms with van der Waals surface area (Å²) < 4.78 is 4.88. The van der Waals surface area contributed by atoms with E-state index in [9.17, 15) is 10.1 Å². The van der Waals surface area contributed by atoms with Gasteiger partial charge >= 0.3 is 5.97 Å². The molecular weight excluding hydrogens is 326 g/mol. The Labute approximate surface area is 154 Å². The molecule has 0 aromatic heterocycles. The van der Waals surface area contributed by atoms with Crippen LogP contribution < -0.4 is 10.2 Å². The van der Waals surface area contributed by atoms with Gasteiger partial charge in [0.2, 0.25) is 0 Å². The molecule has 5 nitrogen and oxygen atoms in total. The molecule has 1 heterocycles. The Hall–Kier alpha value is -3.00. The van der Waals surface area contributed by atoms with Gasteiger partial charge in [-0.25, -0.2) is 4.79 Å². The summed E-state index contributed by atoms with van der Waals surface area (Å²) in [6, 6.07) is 14.1. The van der Waals surface area contributed by atoms with Crippen molar-refractivity contribution in [3.63, 3.8) is 0 Å². The van der Waals surface area contributed by atoms with Crippen molar-refractivity contribution in [1.29, 1.82) is 5.26 Å². The molecule has 0 saturated carbocycles. The maximum Gasteiger partial charge on any atom is 0.338 e. The third kappa shape index (κ3) is 3.50. The van der Waals surface area contributed by atoms with Gasteiger partial charge in [0, 0.05) is 24.8 Å². The highest BCUT2D eigenvalue weighted by Gasteiger charge is 2.25. The number of benzene rings is 2. The van der Waals surface area contributed by atoms with E-state index in [1.807, 2.05) is 50.2 Å². The Morgan fingerprint density at radius 2 is 2.04 bits per heavy atom. The second-order valence-electron chi connectivity index (χ2n) is 6.68. The Morgan fingerprint density at radius 3 is 2.77 bits per heavy atom. The van der Waals surface area contributed by atoms with Gasteiger partial charge in [-0.3, -0.25) is 0 Å². The number of anilines is 2. The molecule has 3 rings (SSSR count). The minimum atomic E-state index is -0.318. The Bertz CT molecular complexity index is 870. The van der Waals surface area contributed by atoms with Crippen LogP contribution in [0.1, 0.15) is 33.5 Å². The van der Waals surface area contributed by atoms with Crippen LogP contribution in [-0.4, -0.2) is 32.2 Å². The summed E-state index contributed by atoms with van der Waals surface area (Å²) in [6.07, 6.45) is 0.973. The molecule has 0 amide bonds. The van der Waals surface area contributed by atoms with Crippen LogP contribution in [0, 0.1) is 25.2 Å². The Kier molecular flexibility index (Phi) is 5.13. The molecule has 1 unspecified atom stereocenters. The molecule has 1 N–H and O–H groups in total. The van der Waals surface area contributed by atoms with Gasteiger partial charge in [-0.1, -0.05) is 18.2 Å². The maximum absolute atomic E-state index is 12.0. The normalized spacial score (nSPS) is 16.2. The number of esters is 1. The lowest BCUT2D eigenvalue weighted by molar-refractivity contribution is 0.0600. The predicted molar refractivity (Wildman–Crippen MR) is 103 cm³/mol. The number of para-hydroxylation sites is 1. The summed E-state index contributed by atoms with van der Waals surface area (Å²) in [4.78, 5) is 14.2. The summed E-state index contributed by atoms with van der Waals surface area (Å²) in [6.45, 7) is 5.66. The van der Waals surface area contributed by atoms with Crippen LogP contribution in [0.4, 0.5) is 11.4 Å². The SMILES string of the molecule is COC(=O)c1cc(NC2CCN(c3ccccc3C#N)C2)c(C)cc1C. The highest BCUT2D eigenvalue weighted by atomic mass is 16.5. The van der Waals surface area contributed by atoms with E-state index in [4.69, 9.17) is 4.74 Å². The van der Waals surface area contributed by atoms with E-state index in [2.05, 4.69) is 16.3 Å². The van der Waals surface area contributed by atoms with Gasteiger partial charge in [-0.15, -0.1) is 0 Å². The number of aryl methyl sites for hydroxylation is 2. The molecule has 2 aromatic carbocycles. The lowest BCUT2D eigenvalue weighted by Gasteiger charge is -2.21. The molecule has 0 spiro atoms. The van der Waals surface area contributed by atoms with Crippen LogP contribution in [0.15, 0.2) is 36.4 Å². The van der Waals surface area contributed by atoms with Crippen molar-refractivity contribution in [2.45, 2.75) is 26.3 Å². The quantitative estimate of drug-likeness (QED) is 0.854. The number of methoxy groups -OCH3 is 1. The van der Waals surface area contributed by atoms with Gasteiger partial charge in [0.15, 0.2) is 0 Å². The van der Waals surface area contributed by atoms with E-state index in [1.54, 1.807) is 0 Å². The van der Waals surface area contributed by atoms with Crippen LogP contribution in [0.3, 0.4) is 0 Å². The molecule has 26 heavy (non-hydrogen) atoms. The average Bonchev–Trinajstić information content (AvgIpc) is 3.11. The van der Waals surface area contributed by atoms with E-state index in [0.717, 1.165) is 42.0 Å². The largest absolute Gasteiger partial charge is 0.465 e. The molecule has 0 bridgehead atoms. The average molecular weight is 349 g/mol. The lowest BCUT2D eigenvalue weighted by Crippen LogP contribution is -2.27. The highest BCUT2D eigenvalue weighted by Crippen LogP contribution is 2.27. The van der Waals surface area contributed by atoms with Crippen LogP contribution in [0.2, 0.25) is 0 Å². The molecule has 0 radical (unpaired) electrons. The van der Waals surface area contributed by atoms with Crippen molar-refractivity contribution < 1.29 is 9.53 Å². The number of nitriles is 1. The van der Waals surface area contributed by atoms with Crippen molar-refractivity contribution >= 4 is 17.3 Å². The molecule has 5 heteroatoms. The van der Waals surface area contributed by atoms with Crippen LogP contribution in [-0.2, 0) is 4.74 Å². The van der Waals surface area contributed by atoms with E-state index >= 15 is 0 Å². The van der Waals surface area contributed by atoms with Crippen LogP contribution in [0.25, 0.3) is 0 Å². The summed E-state index contributed by atoms with van der Waals surface area (Å²) in [5, 5.41) is 12.9. The third-order valence-electron chi connectivity index (χ3n) is 4.89. The number of rotatable bonds is 4. The highest BCUT2D eigenvalue weighted by molar-refractivity contribution is 5.92. The van der Waals surface area contributed by atoms with Crippen molar-refractivity contribution in [2.75, 3.05) is 30.4 Å². The smallest absolute Gasteiger partial charge is 0.338 e. The van der Waals surface area contributed by atoms with Crippen molar-refractivity contribution in [1.82, 2.24) is 0 Å². The number of carbonyl (C=O) groups is 1. The fourth-order valence-electron chi connectivity index (χ4n) is 3.50. The number of nitrogens with one attached hydrogen (secondary N) is 1. The number of nitrogens with zero attached hydrogens (tertiary/aromatic N) is 2. The predicted octanol–water partition coefficient (Wildman–Crippen LogP) is 3.65.